The zero-order valence-electron chi connectivity index (χ0n) is 17.3. The molecule has 0 saturated carbocycles. The van der Waals surface area contributed by atoms with Gasteiger partial charge in [-0.05, 0) is 37.3 Å². The zero-order valence-corrected chi connectivity index (χ0v) is 17.3. The van der Waals surface area contributed by atoms with Crippen molar-refractivity contribution in [2.75, 3.05) is 6.61 Å². The molecule has 0 unspecified atom stereocenters. The van der Waals surface area contributed by atoms with Gasteiger partial charge in [0.2, 0.25) is 0 Å². The van der Waals surface area contributed by atoms with E-state index in [1.165, 1.54) is 22.8 Å². The van der Waals surface area contributed by atoms with Crippen LogP contribution in [0, 0.1) is 6.92 Å². The number of aliphatic hydroxyl groups excluding tert-OH is 1. The zero-order chi connectivity index (χ0) is 23.0. The van der Waals surface area contributed by atoms with Crippen LogP contribution in [0.2, 0.25) is 0 Å². The summed E-state index contributed by atoms with van der Waals surface area (Å²) in [5, 5.41) is 9.41. The van der Waals surface area contributed by atoms with Crippen molar-refractivity contribution < 1.29 is 23.0 Å². The lowest BCUT2D eigenvalue weighted by molar-refractivity contribution is -0.137. The van der Waals surface area contributed by atoms with E-state index in [0.717, 1.165) is 17.6 Å². The number of alkyl halides is 3. The second kappa shape index (κ2) is 8.16. The number of rotatable bonds is 5. The number of pyridine rings is 2. The van der Waals surface area contributed by atoms with Gasteiger partial charge in [-0.25, -0.2) is 0 Å². The van der Waals surface area contributed by atoms with Crippen molar-refractivity contribution in [2.24, 2.45) is 7.05 Å². The molecule has 4 aromatic rings. The fourth-order valence-corrected chi connectivity index (χ4v) is 3.62. The highest BCUT2D eigenvalue weighted by molar-refractivity contribution is 5.92. The summed E-state index contributed by atoms with van der Waals surface area (Å²) < 4.78 is 47.5. The number of aromatic nitrogens is 3. The largest absolute Gasteiger partial charge is 0.457 e. The number of benzene rings is 1. The van der Waals surface area contributed by atoms with Crippen LogP contribution >= 0.6 is 0 Å². The SMILES string of the molecule is Cc1cc(Oc2ccc(C(F)(F)F)cc2)cc(-c2cn(CCO)c3ccc(=O)n(C)c23)n1. The third kappa shape index (κ3) is 4.11. The summed E-state index contributed by atoms with van der Waals surface area (Å²) in [7, 11) is 1.66. The van der Waals surface area contributed by atoms with Crippen molar-refractivity contribution in [1.29, 1.82) is 0 Å². The van der Waals surface area contributed by atoms with Crippen molar-refractivity contribution in [3.05, 3.63) is 76.3 Å². The summed E-state index contributed by atoms with van der Waals surface area (Å²) in [5.74, 6) is 0.654. The number of aryl methyl sites for hydroxylation is 2. The summed E-state index contributed by atoms with van der Waals surface area (Å²) in [6.45, 7) is 2.04. The van der Waals surface area contributed by atoms with Gasteiger partial charge in [0.15, 0.2) is 0 Å². The Bertz CT molecular complexity index is 1340. The normalized spacial score (nSPS) is 11.8. The molecule has 9 heteroatoms. The molecule has 1 N–H and O–H groups in total. The van der Waals surface area contributed by atoms with Crippen LogP contribution in [0.25, 0.3) is 22.3 Å². The molecule has 0 aliphatic rings. The van der Waals surface area contributed by atoms with Gasteiger partial charge in [0.05, 0.1) is 28.9 Å². The van der Waals surface area contributed by atoms with Crippen molar-refractivity contribution in [3.63, 3.8) is 0 Å². The van der Waals surface area contributed by atoms with Gasteiger partial charge in [0.1, 0.15) is 11.5 Å². The predicted molar refractivity (Wildman–Crippen MR) is 114 cm³/mol. The molecule has 1 aromatic carbocycles. The van der Waals surface area contributed by atoms with Crippen LogP contribution < -0.4 is 10.3 Å². The van der Waals surface area contributed by atoms with Gasteiger partial charge >= 0.3 is 6.18 Å². The van der Waals surface area contributed by atoms with Gasteiger partial charge in [0, 0.05) is 49.2 Å². The monoisotopic (exact) mass is 443 g/mol. The first-order valence-corrected chi connectivity index (χ1v) is 9.81. The number of hydrogen-bond donors (Lipinski definition) is 1. The van der Waals surface area contributed by atoms with E-state index in [1.807, 2.05) is 10.8 Å². The second-order valence-electron chi connectivity index (χ2n) is 7.38. The minimum Gasteiger partial charge on any atom is -0.457 e. The van der Waals surface area contributed by atoms with Gasteiger partial charge in [0.25, 0.3) is 5.56 Å². The van der Waals surface area contributed by atoms with Crippen LogP contribution in [0.3, 0.4) is 0 Å². The molecule has 0 spiro atoms. The standard InChI is InChI=1S/C23H20F3N3O3/c1-14-11-17(32-16-5-3-15(4-6-16)23(24,25)26)12-19(27-14)18-13-29(9-10-30)20-7-8-21(31)28(2)22(18)20/h3-8,11-13,30H,9-10H2,1-2H3. The van der Waals surface area contributed by atoms with Crippen LogP contribution in [0.15, 0.2) is 59.5 Å². The average Bonchev–Trinajstić information content (AvgIpc) is 3.09. The summed E-state index contributed by atoms with van der Waals surface area (Å²) in [4.78, 5) is 16.8. The molecule has 166 valence electrons. The minimum atomic E-state index is -4.42. The first kappa shape index (κ1) is 21.6. The van der Waals surface area contributed by atoms with E-state index < -0.39 is 11.7 Å². The van der Waals surface area contributed by atoms with Crippen molar-refractivity contribution >= 4 is 11.0 Å². The summed E-state index contributed by atoms with van der Waals surface area (Å²) in [6.07, 6.45) is -2.61. The maximum Gasteiger partial charge on any atom is 0.416 e. The van der Waals surface area contributed by atoms with Crippen LogP contribution in [0.4, 0.5) is 13.2 Å². The number of halogens is 3. The molecule has 6 nitrogen and oxygen atoms in total. The van der Waals surface area contributed by atoms with Crippen LogP contribution in [0.1, 0.15) is 11.3 Å². The molecule has 0 bridgehead atoms. The number of hydrogen-bond acceptors (Lipinski definition) is 4. The van der Waals surface area contributed by atoms with Gasteiger partial charge < -0.3 is 19.0 Å². The van der Waals surface area contributed by atoms with Crippen molar-refractivity contribution in [2.45, 2.75) is 19.6 Å². The van der Waals surface area contributed by atoms with Crippen molar-refractivity contribution in [3.8, 4) is 22.8 Å². The second-order valence-corrected chi connectivity index (χ2v) is 7.38. The smallest absolute Gasteiger partial charge is 0.416 e. The third-order valence-electron chi connectivity index (χ3n) is 5.10. The lowest BCUT2D eigenvalue weighted by atomic mass is 10.1. The molecule has 4 rings (SSSR count). The summed E-state index contributed by atoms with van der Waals surface area (Å²) in [5.41, 5.74) is 2.33. The van der Waals surface area contributed by atoms with E-state index in [4.69, 9.17) is 4.74 Å². The highest BCUT2D eigenvalue weighted by atomic mass is 19.4. The van der Waals surface area contributed by atoms with Gasteiger partial charge in [-0.2, -0.15) is 13.2 Å². The Morgan fingerprint density at radius 3 is 2.44 bits per heavy atom. The van der Waals surface area contributed by atoms with E-state index >= 15 is 0 Å². The van der Waals surface area contributed by atoms with E-state index in [0.29, 0.717) is 34.8 Å². The maximum absolute atomic E-state index is 12.8. The topological polar surface area (TPSA) is 69.3 Å². The lowest BCUT2D eigenvalue weighted by Crippen LogP contribution is -2.15. The number of aliphatic hydroxyl groups is 1. The fourth-order valence-electron chi connectivity index (χ4n) is 3.62. The van der Waals surface area contributed by atoms with Crippen LogP contribution in [0.5, 0.6) is 11.5 Å². The molecule has 0 saturated heterocycles. The molecular formula is C23H20F3N3O3. The summed E-state index contributed by atoms with van der Waals surface area (Å²) in [6, 6.07) is 10.9. The summed E-state index contributed by atoms with van der Waals surface area (Å²) >= 11 is 0. The molecule has 0 aliphatic carbocycles. The molecule has 0 fully saturated rings. The lowest BCUT2D eigenvalue weighted by Gasteiger charge is -2.11. The van der Waals surface area contributed by atoms with Crippen LogP contribution in [-0.4, -0.2) is 25.8 Å². The first-order valence-electron chi connectivity index (χ1n) is 9.81. The van der Waals surface area contributed by atoms with Gasteiger partial charge in [-0.3, -0.25) is 9.78 Å². The highest BCUT2D eigenvalue weighted by Gasteiger charge is 2.30. The predicted octanol–water partition coefficient (Wildman–Crippen LogP) is 4.51. The fraction of sp³-hybridized carbons (Fsp3) is 0.217. The molecule has 0 aliphatic heterocycles. The Labute approximate surface area is 181 Å². The molecule has 0 amide bonds. The molecule has 3 heterocycles. The van der Waals surface area contributed by atoms with E-state index in [2.05, 4.69) is 4.98 Å². The number of ether oxygens (including phenoxy) is 1. The highest BCUT2D eigenvalue weighted by Crippen LogP contribution is 2.34. The number of fused-ring (bicyclic) bond motifs is 1. The first-order chi connectivity index (χ1) is 15.2. The Hall–Kier alpha value is -3.59. The Kier molecular flexibility index (Phi) is 5.52. The molecule has 0 atom stereocenters. The van der Waals surface area contributed by atoms with E-state index in [9.17, 15) is 23.1 Å². The number of nitrogens with zero attached hydrogens (tertiary/aromatic N) is 3. The van der Waals surface area contributed by atoms with E-state index in [-0.39, 0.29) is 17.9 Å². The Morgan fingerprint density at radius 2 is 1.78 bits per heavy atom. The van der Waals surface area contributed by atoms with E-state index in [1.54, 1.807) is 32.2 Å². The van der Waals surface area contributed by atoms with Crippen molar-refractivity contribution in [1.82, 2.24) is 14.1 Å². The molecule has 3 aromatic heterocycles. The molecular weight excluding hydrogens is 423 g/mol. The molecule has 32 heavy (non-hydrogen) atoms. The Morgan fingerprint density at radius 1 is 1.06 bits per heavy atom. The van der Waals surface area contributed by atoms with Gasteiger partial charge in [-0.1, -0.05) is 0 Å². The average molecular weight is 443 g/mol. The third-order valence-corrected chi connectivity index (χ3v) is 5.10. The maximum atomic E-state index is 12.8. The Balaban J connectivity index is 1.77. The minimum absolute atomic E-state index is 0.0738. The van der Waals surface area contributed by atoms with Crippen LogP contribution in [-0.2, 0) is 19.8 Å². The van der Waals surface area contributed by atoms with Gasteiger partial charge in [-0.15, -0.1) is 0 Å². The molecule has 0 radical (unpaired) electrons. The quantitative estimate of drug-likeness (QED) is 0.493.